The summed E-state index contributed by atoms with van der Waals surface area (Å²) in [6.45, 7) is 1.62. The van der Waals surface area contributed by atoms with Crippen molar-refractivity contribution in [2.45, 2.75) is 19.5 Å². The zero-order valence-electron chi connectivity index (χ0n) is 9.47. The number of carbonyl (C=O) groups is 1. The molecule has 0 aliphatic carbocycles. The smallest absolute Gasteiger partial charge is 0.389 e. The third kappa shape index (κ3) is 3.43. The highest BCUT2D eigenvalue weighted by atomic mass is 32.1. The first-order valence-electron chi connectivity index (χ1n) is 5.06. The SMILES string of the molecule is CCC(=O)Nc1ccc(C(F)(F)F)cc1C(N)=S. The lowest BCUT2D eigenvalue weighted by Crippen LogP contribution is -2.18. The number of hydrogen-bond acceptors (Lipinski definition) is 2. The molecule has 0 atom stereocenters. The van der Waals surface area contributed by atoms with Gasteiger partial charge in [0.05, 0.1) is 11.3 Å². The van der Waals surface area contributed by atoms with Crippen LogP contribution in [-0.4, -0.2) is 10.9 Å². The van der Waals surface area contributed by atoms with E-state index in [9.17, 15) is 18.0 Å². The van der Waals surface area contributed by atoms with Crippen molar-refractivity contribution >= 4 is 28.8 Å². The molecular formula is C11H11F3N2OS. The lowest BCUT2D eigenvalue weighted by molar-refractivity contribution is -0.137. The molecule has 98 valence electrons. The predicted octanol–water partition coefficient (Wildman–Crippen LogP) is 2.69. The third-order valence-electron chi connectivity index (χ3n) is 2.21. The van der Waals surface area contributed by atoms with Crippen LogP contribution in [0.3, 0.4) is 0 Å². The Hall–Kier alpha value is -1.63. The van der Waals surface area contributed by atoms with E-state index < -0.39 is 11.7 Å². The van der Waals surface area contributed by atoms with Gasteiger partial charge < -0.3 is 11.1 Å². The Morgan fingerprint density at radius 3 is 2.50 bits per heavy atom. The largest absolute Gasteiger partial charge is 0.416 e. The Labute approximate surface area is 107 Å². The summed E-state index contributed by atoms with van der Waals surface area (Å²) in [6, 6.07) is 2.84. The molecule has 0 unspecified atom stereocenters. The number of nitrogens with two attached hydrogens (primary N) is 1. The first kappa shape index (κ1) is 14.4. The average Bonchev–Trinajstić information content (AvgIpc) is 2.27. The van der Waals surface area contributed by atoms with E-state index in [1.54, 1.807) is 6.92 Å². The second-order valence-electron chi connectivity index (χ2n) is 3.52. The molecular weight excluding hydrogens is 265 g/mol. The number of thiocarbonyl (C=S) groups is 1. The number of alkyl halides is 3. The third-order valence-corrected chi connectivity index (χ3v) is 2.43. The lowest BCUT2D eigenvalue weighted by Gasteiger charge is -2.13. The number of hydrogen-bond donors (Lipinski definition) is 2. The normalized spacial score (nSPS) is 11.1. The number of benzene rings is 1. The molecule has 0 saturated heterocycles. The van der Waals surface area contributed by atoms with E-state index in [0.29, 0.717) is 0 Å². The number of carbonyl (C=O) groups excluding carboxylic acids is 1. The van der Waals surface area contributed by atoms with Gasteiger partial charge in [-0.2, -0.15) is 13.2 Å². The molecule has 0 bridgehead atoms. The van der Waals surface area contributed by atoms with Gasteiger partial charge in [-0.3, -0.25) is 4.79 Å². The van der Waals surface area contributed by atoms with Crippen molar-refractivity contribution in [2.24, 2.45) is 5.73 Å². The van der Waals surface area contributed by atoms with E-state index in [0.717, 1.165) is 18.2 Å². The van der Waals surface area contributed by atoms with Crippen LogP contribution < -0.4 is 11.1 Å². The fourth-order valence-electron chi connectivity index (χ4n) is 1.27. The van der Waals surface area contributed by atoms with Crippen LogP contribution in [0.15, 0.2) is 18.2 Å². The second kappa shape index (κ2) is 5.34. The van der Waals surface area contributed by atoms with Gasteiger partial charge in [-0.05, 0) is 18.2 Å². The van der Waals surface area contributed by atoms with Crippen molar-refractivity contribution in [1.82, 2.24) is 0 Å². The standard InChI is InChI=1S/C11H11F3N2OS/c1-2-9(17)16-8-4-3-6(11(12,13)14)5-7(8)10(15)18/h3-5H,2H2,1H3,(H2,15,18)(H,16,17). The van der Waals surface area contributed by atoms with Crippen LogP contribution in [0.1, 0.15) is 24.5 Å². The fraction of sp³-hybridized carbons (Fsp3) is 0.273. The zero-order chi connectivity index (χ0) is 13.9. The first-order chi connectivity index (χ1) is 8.25. The molecule has 1 aromatic carbocycles. The Kier molecular flexibility index (Phi) is 4.28. The van der Waals surface area contributed by atoms with E-state index in [-0.39, 0.29) is 28.6 Å². The Balaban J connectivity index is 3.21. The van der Waals surface area contributed by atoms with Crippen molar-refractivity contribution < 1.29 is 18.0 Å². The maximum atomic E-state index is 12.5. The van der Waals surface area contributed by atoms with Crippen LogP contribution in [-0.2, 0) is 11.0 Å². The molecule has 0 aliphatic heterocycles. The summed E-state index contributed by atoms with van der Waals surface area (Å²) < 4.78 is 37.6. The van der Waals surface area contributed by atoms with Gasteiger partial charge in [0.25, 0.3) is 0 Å². The summed E-state index contributed by atoms with van der Waals surface area (Å²) in [7, 11) is 0. The summed E-state index contributed by atoms with van der Waals surface area (Å²) in [5.74, 6) is -0.327. The minimum absolute atomic E-state index is 0.00150. The fourth-order valence-corrected chi connectivity index (χ4v) is 1.44. The van der Waals surface area contributed by atoms with E-state index in [1.165, 1.54) is 0 Å². The Morgan fingerprint density at radius 2 is 2.06 bits per heavy atom. The summed E-state index contributed by atoms with van der Waals surface area (Å²) in [5.41, 5.74) is 4.68. The van der Waals surface area contributed by atoms with E-state index in [4.69, 9.17) is 5.73 Å². The Morgan fingerprint density at radius 1 is 1.44 bits per heavy atom. The summed E-state index contributed by atoms with van der Waals surface area (Å²) in [4.78, 5) is 11.0. The summed E-state index contributed by atoms with van der Waals surface area (Å²) in [6.07, 6.45) is -4.27. The van der Waals surface area contributed by atoms with Crippen LogP contribution in [0.2, 0.25) is 0 Å². The van der Waals surface area contributed by atoms with Crippen molar-refractivity contribution in [2.75, 3.05) is 5.32 Å². The molecule has 7 heteroatoms. The Bertz CT molecular complexity index is 486. The van der Waals surface area contributed by atoms with Crippen LogP contribution >= 0.6 is 12.2 Å². The molecule has 0 spiro atoms. The van der Waals surface area contributed by atoms with Gasteiger partial charge in [0.2, 0.25) is 5.91 Å². The monoisotopic (exact) mass is 276 g/mol. The molecule has 0 heterocycles. The molecule has 3 N–H and O–H groups in total. The molecule has 0 aliphatic rings. The molecule has 1 aromatic rings. The van der Waals surface area contributed by atoms with Crippen LogP contribution in [0, 0.1) is 0 Å². The van der Waals surface area contributed by atoms with Gasteiger partial charge in [-0.1, -0.05) is 19.1 Å². The number of nitrogens with one attached hydrogen (secondary N) is 1. The van der Waals surface area contributed by atoms with Gasteiger partial charge in [0.15, 0.2) is 0 Å². The van der Waals surface area contributed by atoms with Crippen molar-refractivity contribution in [3.63, 3.8) is 0 Å². The van der Waals surface area contributed by atoms with Crippen molar-refractivity contribution in [1.29, 1.82) is 0 Å². The summed E-state index contributed by atoms with van der Waals surface area (Å²) >= 11 is 4.68. The minimum atomic E-state index is -4.48. The molecule has 1 rings (SSSR count). The average molecular weight is 276 g/mol. The van der Waals surface area contributed by atoms with Gasteiger partial charge in [-0.15, -0.1) is 0 Å². The molecule has 18 heavy (non-hydrogen) atoms. The summed E-state index contributed by atoms with van der Waals surface area (Å²) in [5, 5.41) is 2.45. The lowest BCUT2D eigenvalue weighted by atomic mass is 10.1. The maximum Gasteiger partial charge on any atom is 0.416 e. The molecule has 0 radical (unpaired) electrons. The number of halogens is 3. The quantitative estimate of drug-likeness (QED) is 0.835. The minimum Gasteiger partial charge on any atom is -0.389 e. The van der Waals surface area contributed by atoms with Gasteiger partial charge in [0, 0.05) is 12.0 Å². The maximum absolute atomic E-state index is 12.5. The molecule has 0 saturated carbocycles. The molecule has 1 amide bonds. The van der Waals surface area contributed by atoms with Gasteiger partial charge in [0.1, 0.15) is 4.99 Å². The van der Waals surface area contributed by atoms with Crippen LogP contribution in [0.25, 0.3) is 0 Å². The van der Waals surface area contributed by atoms with E-state index in [1.807, 2.05) is 0 Å². The predicted molar refractivity (Wildman–Crippen MR) is 66.3 cm³/mol. The zero-order valence-corrected chi connectivity index (χ0v) is 10.3. The second-order valence-corrected chi connectivity index (χ2v) is 3.96. The van der Waals surface area contributed by atoms with Gasteiger partial charge in [-0.25, -0.2) is 0 Å². The van der Waals surface area contributed by atoms with Crippen molar-refractivity contribution in [3.8, 4) is 0 Å². The van der Waals surface area contributed by atoms with E-state index >= 15 is 0 Å². The van der Waals surface area contributed by atoms with E-state index in [2.05, 4.69) is 17.5 Å². The topological polar surface area (TPSA) is 55.1 Å². The van der Waals surface area contributed by atoms with Gasteiger partial charge >= 0.3 is 6.18 Å². The molecule has 3 nitrogen and oxygen atoms in total. The molecule has 0 fully saturated rings. The molecule has 0 aromatic heterocycles. The number of amides is 1. The number of anilines is 1. The first-order valence-corrected chi connectivity index (χ1v) is 5.47. The highest BCUT2D eigenvalue weighted by molar-refractivity contribution is 7.80. The highest BCUT2D eigenvalue weighted by Gasteiger charge is 2.31. The van der Waals surface area contributed by atoms with Crippen LogP contribution in [0.4, 0.5) is 18.9 Å². The number of rotatable bonds is 3. The van der Waals surface area contributed by atoms with Crippen LogP contribution in [0.5, 0.6) is 0 Å². The highest BCUT2D eigenvalue weighted by Crippen LogP contribution is 2.31. The van der Waals surface area contributed by atoms with Crippen molar-refractivity contribution in [3.05, 3.63) is 29.3 Å².